The Labute approximate surface area is 122 Å². The Bertz CT molecular complexity index is 408. The molecule has 1 aliphatic rings. The van der Waals surface area contributed by atoms with Gasteiger partial charge in [0.15, 0.2) is 0 Å². The lowest BCUT2D eigenvalue weighted by atomic mass is 10.1. The first-order valence-electron chi connectivity index (χ1n) is 7.49. The van der Waals surface area contributed by atoms with Crippen LogP contribution < -0.4 is 10.5 Å². The van der Waals surface area contributed by atoms with E-state index in [9.17, 15) is 0 Å². The fraction of sp³-hybridized carbons (Fsp3) is 0.625. The number of ether oxygens (including phenoxy) is 1. The van der Waals surface area contributed by atoms with E-state index >= 15 is 0 Å². The van der Waals surface area contributed by atoms with Crippen LogP contribution in [-0.2, 0) is 6.54 Å². The van der Waals surface area contributed by atoms with Gasteiger partial charge in [-0.05, 0) is 51.2 Å². The summed E-state index contributed by atoms with van der Waals surface area (Å²) in [5.41, 5.74) is 6.76. The molecule has 0 spiro atoms. The van der Waals surface area contributed by atoms with Gasteiger partial charge in [-0.3, -0.25) is 4.90 Å². The Kier molecular flexibility index (Phi) is 5.83. The molecule has 1 atom stereocenters. The van der Waals surface area contributed by atoms with Gasteiger partial charge in [-0.1, -0.05) is 12.1 Å². The summed E-state index contributed by atoms with van der Waals surface area (Å²) < 4.78 is 5.84. The summed E-state index contributed by atoms with van der Waals surface area (Å²) in [6.45, 7) is 4.65. The molecular weight excluding hydrogens is 250 g/mol. The molecule has 1 aromatic rings. The molecule has 20 heavy (non-hydrogen) atoms. The minimum atomic E-state index is 0.563. The lowest BCUT2D eigenvalue weighted by Crippen LogP contribution is -2.46. The van der Waals surface area contributed by atoms with Crippen LogP contribution in [0.2, 0.25) is 0 Å². The van der Waals surface area contributed by atoms with Crippen LogP contribution in [0.25, 0.3) is 0 Å². The maximum absolute atomic E-state index is 5.84. The molecule has 0 bridgehead atoms. The lowest BCUT2D eigenvalue weighted by molar-refractivity contribution is 0.117. The first-order valence-corrected chi connectivity index (χ1v) is 7.49. The minimum absolute atomic E-state index is 0.563. The SMILES string of the molecule is CN(C)C1CCCN(CCOc2cccc(CN)c2)C1. The van der Waals surface area contributed by atoms with Gasteiger partial charge >= 0.3 is 0 Å². The zero-order chi connectivity index (χ0) is 14.4. The zero-order valence-corrected chi connectivity index (χ0v) is 12.7. The van der Waals surface area contributed by atoms with E-state index in [0.717, 1.165) is 31.0 Å². The second-order valence-electron chi connectivity index (χ2n) is 5.76. The van der Waals surface area contributed by atoms with Crippen LogP contribution in [0.3, 0.4) is 0 Å². The van der Waals surface area contributed by atoms with Crippen LogP contribution in [0.1, 0.15) is 18.4 Å². The fourth-order valence-corrected chi connectivity index (χ4v) is 2.71. The van der Waals surface area contributed by atoms with E-state index < -0.39 is 0 Å². The third-order valence-corrected chi connectivity index (χ3v) is 4.02. The summed E-state index contributed by atoms with van der Waals surface area (Å²) in [5, 5.41) is 0. The molecule has 0 aliphatic carbocycles. The number of likely N-dealkylation sites (tertiary alicyclic amines) is 1. The topological polar surface area (TPSA) is 41.7 Å². The molecule has 1 aliphatic heterocycles. The Hall–Kier alpha value is -1.10. The molecule has 0 radical (unpaired) electrons. The van der Waals surface area contributed by atoms with Crippen molar-refractivity contribution in [3.63, 3.8) is 0 Å². The molecule has 112 valence electrons. The van der Waals surface area contributed by atoms with Crippen LogP contribution >= 0.6 is 0 Å². The van der Waals surface area contributed by atoms with Crippen molar-refractivity contribution in [1.29, 1.82) is 0 Å². The second-order valence-corrected chi connectivity index (χ2v) is 5.76. The Balaban J connectivity index is 1.75. The van der Waals surface area contributed by atoms with Gasteiger partial charge in [0, 0.05) is 25.7 Å². The number of nitrogens with two attached hydrogens (primary N) is 1. The van der Waals surface area contributed by atoms with E-state index in [4.69, 9.17) is 10.5 Å². The number of piperidine rings is 1. The standard InChI is InChI=1S/C16H27N3O/c1-18(2)15-6-4-8-19(13-15)9-10-20-16-7-3-5-14(11-16)12-17/h3,5,7,11,15H,4,6,8-10,12-13,17H2,1-2H3. The Morgan fingerprint density at radius 1 is 1.40 bits per heavy atom. The van der Waals surface area contributed by atoms with Gasteiger partial charge < -0.3 is 15.4 Å². The summed E-state index contributed by atoms with van der Waals surface area (Å²) in [7, 11) is 4.34. The first kappa shape index (κ1) is 15.3. The second kappa shape index (κ2) is 7.62. The highest BCUT2D eigenvalue weighted by atomic mass is 16.5. The molecule has 1 saturated heterocycles. The average molecular weight is 277 g/mol. The third-order valence-electron chi connectivity index (χ3n) is 4.02. The summed E-state index contributed by atoms with van der Waals surface area (Å²) in [4.78, 5) is 4.83. The molecule has 2 N–H and O–H groups in total. The van der Waals surface area contributed by atoms with Crippen molar-refractivity contribution in [1.82, 2.24) is 9.80 Å². The number of hydrogen-bond acceptors (Lipinski definition) is 4. The minimum Gasteiger partial charge on any atom is -0.492 e. The predicted octanol–water partition coefficient (Wildman–Crippen LogP) is 1.55. The lowest BCUT2D eigenvalue weighted by Gasteiger charge is -2.36. The predicted molar refractivity (Wildman–Crippen MR) is 83.0 cm³/mol. The number of rotatable bonds is 6. The van der Waals surface area contributed by atoms with E-state index in [-0.39, 0.29) is 0 Å². The Morgan fingerprint density at radius 2 is 2.25 bits per heavy atom. The van der Waals surface area contributed by atoms with E-state index in [1.807, 2.05) is 24.3 Å². The number of nitrogens with zero attached hydrogens (tertiary/aromatic N) is 2. The fourth-order valence-electron chi connectivity index (χ4n) is 2.71. The zero-order valence-electron chi connectivity index (χ0n) is 12.7. The monoisotopic (exact) mass is 277 g/mol. The van der Waals surface area contributed by atoms with Crippen molar-refractivity contribution < 1.29 is 4.74 Å². The van der Waals surface area contributed by atoms with Gasteiger partial charge in [0.1, 0.15) is 12.4 Å². The van der Waals surface area contributed by atoms with Gasteiger partial charge in [-0.2, -0.15) is 0 Å². The molecule has 1 aromatic carbocycles. The third kappa shape index (κ3) is 4.47. The van der Waals surface area contributed by atoms with E-state index in [1.165, 1.54) is 19.4 Å². The van der Waals surface area contributed by atoms with Crippen LogP contribution in [0, 0.1) is 0 Å². The molecule has 1 heterocycles. The van der Waals surface area contributed by atoms with Crippen molar-refractivity contribution in [3.05, 3.63) is 29.8 Å². The number of hydrogen-bond donors (Lipinski definition) is 1. The summed E-state index contributed by atoms with van der Waals surface area (Å²) in [6.07, 6.45) is 2.59. The highest BCUT2D eigenvalue weighted by Gasteiger charge is 2.20. The number of benzene rings is 1. The van der Waals surface area contributed by atoms with Gasteiger partial charge in [0.25, 0.3) is 0 Å². The molecule has 1 fully saturated rings. The highest BCUT2D eigenvalue weighted by Crippen LogP contribution is 2.15. The summed E-state index contributed by atoms with van der Waals surface area (Å²) in [6, 6.07) is 8.74. The van der Waals surface area contributed by atoms with Gasteiger partial charge in [-0.15, -0.1) is 0 Å². The van der Waals surface area contributed by atoms with Gasteiger partial charge in [-0.25, -0.2) is 0 Å². The van der Waals surface area contributed by atoms with Crippen molar-refractivity contribution in [3.8, 4) is 5.75 Å². The molecule has 0 amide bonds. The maximum atomic E-state index is 5.84. The molecule has 0 aromatic heterocycles. The van der Waals surface area contributed by atoms with Crippen LogP contribution in [0.15, 0.2) is 24.3 Å². The normalized spacial score (nSPS) is 20.3. The summed E-state index contributed by atoms with van der Waals surface area (Å²) >= 11 is 0. The average Bonchev–Trinajstić information content (AvgIpc) is 2.48. The quantitative estimate of drug-likeness (QED) is 0.856. The van der Waals surface area contributed by atoms with Crippen molar-refractivity contribution >= 4 is 0 Å². The van der Waals surface area contributed by atoms with Crippen LogP contribution in [0.5, 0.6) is 5.75 Å². The van der Waals surface area contributed by atoms with Gasteiger partial charge in [0.2, 0.25) is 0 Å². The highest BCUT2D eigenvalue weighted by molar-refractivity contribution is 5.28. The van der Waals surface area contributed by atoms with Gasteiger partial charge in [0.05, 0.1) is 0 Å². The van der Waals surface area contributed by atoms with E-state index in [2.05, 4.69) is 23.9 Å². The molecule has 4 nitrogen and oxygen atoms in total. The van der Waals surface area contributed by atoms with Crippen molar-refractivity contribution in [2.45, 2.75) is 25.4 Å². The van der Waals surface area contributed by atoms with Crippen LogP contribution in [-0.4, -0.2) is 56.2 Å². The van der Waals surface area contributed by atoms with E-state index in [1.54, 1.807) is 0 Å². The molecule has 4 heteroatoms. The first-order chi connectivity index (χ1) is 9.69. The van der Waals surface area contributed by atoms with Crippen molar-refractivity contribution in [2.24, 2.45) is 5.73 Å². The number of likely N-dealkylation sites (N-methyl/N-ethyl adjacent to an activating group) is 1. The largest absolute Gasteiger partial charge is 0.492 e. The van der Waals surface area contributed by atoms with Crippen LogP contribution in [0.4, 0.5) is 0 Å². The molecule has 0 saturated carbocycles. The van der Waals surface area contributed by atoms with Crippen molar-refractivity contribution in [2.75, 3.05) is 40.3 Å². The Morgan fingerprint density at radius 3 is 3.00 bits per heavy atom. The maximum Gasteiger partial charge on any atom is 0.119 e. The van der Waals surface area contributed by atoms with E-state index in [0.29, 0.717) is 12.6 Å². The molecule has 1 unspecified atom stereocenters. The smallest absolute Gasteiger partial charge is 0.119 e. The molecular formula is C16H27N3O. The summed E-state index contributed by atoms with van der Waals surface area (Å²) in [5.74, 6) is 0.925. The molecule has 2 rings (SSSR count).